The number of hydrogen-bond donors (Lipinski definition) is 2. The molecule has 3 aliphatic rings. The second-order valence-corrected chi connectivity index (χ2v) is 8.62. The van der Waals surface area contributed by atoms with Gasteiger partial charge in [-0.05, 0) is 24.6 Å². The lowest BCUT2D eigenvalue weighted by Gasteiger charge is -2.27. The number of amides is 3. The van der Waals surface area contributed by atoms with Crippen LogP contribution in [0.3, 0.4) is 0 Å². The van der Waals surface area contributed by atoms with Crippen molar-refractivity contribution >= 4 is 35.0 Å². The second-order valence-electron chi connectivity index (χ2n) is 8.18. The average molecular weight is 407 g/mol. The second kappa shape index (κ2) is 6.83. The molecule has 1 aromatic rings. The van der Waals surface area contributed by atoms with Crippen LogP contribution in [-0.2, 0) is 24.7 Å². The fraction of sp³-hybridized carbons (Fsp3) is 0.550. The van der Waals surface area contributed by atoms with Gasteiger partial charge in [0.05, 0.1) is 5.69 Å². The average Bonchev–Trinajstić information content (AvgIpc) is 3.23. The summed E-state index contributed by atoms with van der Waals surface area (Å²) in [5, 5.41) is 5.34. The van der Waals surface area contributed by atoms with Crippen LogP contribution < -0.4 is 10.6 Å². The number of fused-ring (bicyclic) bond motifs is 4. The predicted octanol–water partition coefficient (Wildman–Crippen LogP) is 0.727. The standard InChI is InChI=1S/C20H24ClN3O4/c1-10(2)16-14-15(18(26)24(17(14)25)7-4-8-28-3)20(23-16)12-9-11(21)5-6-13(12)22-19(20)27/h5-6,9-10,14-16,23H,4,7-8H2,1-3H3,(H,22,27)/p+1/t14-,15-,16-,20+/m0/s1. The van der Waals surface area contributed by atoms with Crippen molar-refractivity contribution in [3.05, 3.63) is 28.8 Å². The molecule has 3 N–H and O–H groups in total. The van der Waals surface area contributed by atoms with Crippen LogP contribution in [0.5, 0.6) is 0 Å². The van der Waals surface area contributed by atoms with Gasteiger partial charge in [0.1, 0.15) is 17.9 Å². The van der Waals surface area contributed by atoms with E-state index in [0.29, 0.717) is 35.8 Å². The van der Waals surface area contributed by atoms with Gasteiger partial charge in [-0.2, -0.15) is 0 Å². The minimum Gasteiger partial charge on any atom is -0.385 e. The summed E-state index contributed by atoms with van der Waals surface area (Å²) in [6, 6.07) is 5.05. The summed E-state index contributed by atoms with van der Waals surface area (Å²) >= 11 is 6.22. The molecule has 150 valence electrons. The molecule has 3 amide bonds. The number of hydrogen-bond acceptors (Lipinski definition) is 4. The van der Waals surface area contributed by atoms with Gasteiger partial charge in [0.15, 0.2) is 0 Å². The minimum atomic E-state index is -1.15. The molecule has 3 aliphatic heterocycles. The molecule has 8 heteroatoms. The number of anilines is 1. The quantitative estimate of drug-likeness (QED) is 0.557. The van der Waals surface area contributed by atoms with Crippen molar-refractivity contribution in [1.82, 2.24) is 4.90 Å². The summed E-state index contributed by atoms with van der Waals surface area (Å²) < 4.78 is 5.06. The van der Waals surface area contributed by atoms with Crippen molar-refractivity contribution in [2.45, 2.75) is 31.8 Å². The van der Waals surface area contributed by atoms with Gasteiger partial charge in [-0.1, -0.05) is 25.4 Å². The number of methoxy groups -OCH3 is 1. The Morgan fingerprint density at radius 2 is 2.04 bits per heavy atom. The third-order valence-electron chi connectivity index (χ3n) is 6.35. The van der Waals surface area contributed by atoms with Crippen LogP contribution in [0.25, 0.3) is 0 Å². The van der Waals surface area contributed by atoms with E-state index in [-0.39, 0.29) is 29.7 Å². The Kier molecular flexibility index (Phi) is 4.72. The summed E-state index contributed by atoms with van der Waals surface area (Å²) in [5.74, 6) is -1.82. The predicted molar refractivity (Wildman–Crippen MR) is 103 cm³/mol. The lowest BCUT2D eigenvalue weighted by molar-refractivity contribution is -0.738. The molecule has 2 fully saturated rings. The number of quaternary nitrogens is 1. The summed E-state index contributed by atoms with van der Waals surface area (Å²) in [6.07, 6.45) is 0.574. The minimum absolute atomic E-state index is 0.124. The van der Waals surface area contributed by atoms with Gasteiger partial charge in [-0.15, -0.1) is 0 Å². The third kappa shape index (κ3) is 2.53. The Labute approximate surface area is 168 Å². The van der Waals surface area contributed by atoms with Crippen molar-refractivity contribution in [2.75, 3.05) is 25.6 Å². The first-order valence-electron chi connectivity index (χ1n) is 9.64. The zero-order chi connectivity index (χ0) is 20.2. The number of rotatable bonds is 5. The smallest absolute Gasteiger partial charge is 0.291 e. The molecule has 28 heavy (non-hydrogen) atoms. The van der Waals surface area contributed by atoms with Crippen LogP contribution in [-0.4, -0.2) is 48.9 Å². The van der Waals surface area contributed by atoms with E-state index in [4.69, 9.17) is 16.3 Å². The van der Waals surface area contributed by atoms with Crippen molar-refractivity contribution < 1.29 is 24.4 Å². The highest BCUT2D eigenvalue weighted by molar-refractivity contribution is 6.31. The first kappa shape index (κ1) is 19.4. The molecule has 4 rings (SSSR count). The van der Waals surface area contributed by atoms with Crippen LogP contribution >= 0.6 is 11.6 Å². The van der Waals surface area contributed by atoms with Gasteiger partial charge in [0.25, 0.3) is 5.91 Å². The Morgan fingerprint density at radius 3 is 2.71 bits per heavy atom. The van der Waals surface area contributed by atoms with E-state index in [1.807, 2.05) is 19.2 Å². The Bertz CT molecular complexity index is 858. The zero-order valence-electron chi connectivity index (χ0n) is 16.2. The lowest BCUT2D eigenvalue weighted by Crippen LogP contribution is -2.99. The number of ether oxygens (including phenoxy) is 1. The first-order chi connectivity index (χ1) is 13.3. The molecule has 0 unspecified atom stereocenters. The van der Waals surface area contributed by atoms with E-state index in [2.05, 4.69) is 5.32 Å². The largest absolute Gasteiger partial charge is 0.385 e. The van der Waals surface area contributed by atoms with Crippen LogP contribution in [0.15, 0.2) is 18.2 Å². The number of benzene rings is 1. The highest BCUT2D eigenvalue weighted by Gasteiger charge is 2.74. The molecular formula is C20H25ClN3O4+. The molecule has 3 heterocycles. The maximum Gasteiger partial charge on any atom is 0.291 e. The fourth-order valence-electron chi connectivity index (χ4n) is 5.11. The molecule has 0 bridgehead atoms. The summed E-state index contributed by atoms with van der Waals surface area (Å²) in [7, 11) is 1.59. The first-order valence-corrected chi connectivity index (χ1v) is 10.0. The maximum absolute atomic E-state index is 13.4. The zero-order valence-corrected chi connectivity index (χ0v) is 17.0. The molecule has 4 atom stereocenters. The van der Waals surface area contributed by atoms with Gasteiger partial charge in [-0.25, -0.2) is 0 Å². The van der Waals surface area contributed by atoms with Crippen LogP contribution in [0.2, 0.25) is 5.02 Å². The molecule has 7 nitrogen and oxygen atoms in total. The molecule has 0 aliphatic carbocycles. The van der Waals surface area contributed by atoms with Crippen LogP contribution in [0, 0.1) is 17.8 Å². The lowest BCUT2D eigenvalue weighted by atomic mass is 9.76. The molecule has 0 saturated carbocycles. The third-order valence-corrected chi connectivity index (χ3v) is 6.59. The van der Waals surface area contributed by atoms with E-state index in [0.717, 1.165) is 0 Å². The number of nitrogens with two attached hydrogens (primary N) is 1. The Hall–Kier alpha value is -1.96. The summed E-state index contributed by atoms with van der Waals surface area (Å²) in [6.45, 7) is 4.82. The van der Waals surface area contributed by atoms with E-state index >= 15 is 0 Å². The van der Waals surface area contributed by atoms with E-state index in [1.54, 1.807) is 25.3 Å². The molecule has 0 aromatic heterocycles. The number of halogens is 1. The monoisotopic (exact) mass is 406 g/mol. The van der Waals surface area contributed by atoms with Gasteiger partial charge >= 0.3 is 0 Å². The van der Waals surface area contributed by atoms with Gasteiger partial charge in [0, 0.05) is 36.8 Å². The molecular weight excluding hydrogens is 382 g/mol. The van der Waals surface area contributed by atoms with Gasteiger partial charge < -0.3 is 15.4 Å². The highest BCUT2D eigenvalue weighted by atomic mass is 35.5. The molecule has 2 saturated heterocycles. The summed E-state index contributed by atoms with van der Waals surface area (Å²) in [4.78, 5) is 41.1. The Morgan fingerprint density at radius 1 is 1.29 bits per heavy atom. The van der Waals surface area contributed by atoms with E-state index < -0.39 is 17.4 Å². The van der Waals surface area contributed by atoms with Crippen molar-refractivity contribution in [2.24, 2.45) is 17.8 Å². The summed E-state index contributed by atoms with van der Waals surface area (Å²) in [5.41, 5.74) is 0.206. The molecule has 0 radical (unpaired) electrons. The number of carbonyl (C=O) groups is 3. The van der Waals surface area contributed by atoms with Crippen molar-refractivity contribution in [3.8, 4) is 0 Å². The van der Waals surface area contributed by atoms with Crippen LogP contribution in [0.1, 0.15) is 25.8 Å². The highest BCUT2D eigenvalue weighted by Crippen LogP contribution is 2.50. The maximum atomic E-state index is 13.4. The number of imide groups is 1. The van der Waals surface area contributed by atoms with E-state index in [1.165, 1.54) is 4.90 Å². The van der Waals surface area contributed by atoms with Crippen molar-refractivity contribution in [1.29, 1.82) is 0 Å². The SMILES string of the molecule is COCCCN1C(=O)[C@H]2[C@@H](C1=O)[C@@]1([NH2+][C@H]2C(C)C)C(=O)Nc2ccc(Cl)cc21. The number of nitrogens with zero attached hydrogens (tertiary/aromatic N) is 1. The van der Waals surface area contributed by atoms with Crippen LogP contribution in [0.4, 0.5) is 5.69 Å². The molecule has 1 spiro atoms. The Balaban J connectivity index is 1.81. The van der Waals surface area contributed by atoms with Crippen molar-refractivity contribution in [3.63, 3.8) is 0 Å². The molecule has 1 aromatic carbocycles. The van der Waals surface area contributed by atoms with Gasteiger partial charge in [-0.3, -0.25) is 19.3 Å². The van der Waals surface area contributed by atoms with Gasteiger partial charge in [0.2, 0.25) is 17.4 Å². The van der Waals surface area contributed by atoms with E-state index in [9.17, 15) is 14.4 Å². The normalized spacial score (nSPS) is 31.1. The topological polar surface area (TPSA) is 92.3 Å². The number of likely N-dealkylation sites (tertiary alicyclic amines) is 1. The fourth-order valence-corrected chi connectivity index (χ4v) is 5.28. The number of nitrogens with one attached hydrogen (secondary N) is 1. The number of carbonyl (C=O) groups excluding carboxylic acids is 3.